The highest BCUT2D eigenvalue weighted by Gasteiger charge is 1.82. The Morgan fingerprint density at radius 1 is 1.23 bits per heavy atom. The van der Waals surface area contributed by atoms with Crippen molar-refractivity contribution in [3.63, 3.8) is 0 Å². The number of aryl methyl sites for hydroxylation is 1. The van der Waals surface area contributed by atoms with Crippen LogP contribution in [0.2, 0.25) is 0 Å². The first-order valence-electron chi connectivity index (χ1n) is 6.97. The molecule has 0 saturated heterocycles. The van der Waals surface area contributed by atoms with Crippen LogP contribution in [0.3, 0.4) is 0 Å². The molecule has 0 aliphatic rings. The number of nitrogens with one attached hydrogen (secondary N) is 2. The van der Waals surface area contributed by atoms with Crippen LogP contribution in [-0.2, 0) is 9.59 Å². The van der Waals surface area contributed by atoms with Crippen LogP contribution in [-0.4, -0.2) is 40.0 Å². The molecular formula is C16H28BrFN2O2. The number of alkyl halides is 1. The van der Waals surface area contributed by atoms with Crippen molar-refractivity contribution in [2.45, 2.75) is 26.7 Å². The van der Waals surface area contributed by atoms with Gasteiger partial charge in [0.05, 0.1) is 7.18 Å². The molecular weight excluding hydrogens is 351 g/mol. The fourth-order valence-corrected chi connectivity index (χ4v) is 1.49. The summed E-state index contributed by atoms with van der Waals surface area (Å²) < 4.78 is 10.7. The Morgan fingerprint density at radius 2 is 1.86 bits per heavy atom. The highest BCUT2D eigenvalue weighted by atomic mass is 79.9. The number of benzene rings is 1. The monoisotopic (exact) mass is 378 g/mol. The van der Waals surface area contributed by atoms with Gasteiger partial charge in [0.2, 0.25) is 6.41 Å². The summed E-state index contributed by atoms with van der Waals surface area (Å²) in [5, 5.41) is 5.39. The second kappa shape index (κ2) is 24.7. The van der Waals surface area contributed by atoms with Crippen molar-refractivity contribution < 1.29 is 14.0 Å². The molecule has 0 unspecified atom stereocenters. The van der Waals surface area contributed by atoms with Crippen LogP contribution >= 0.6 is 15.9 Å². The number of rotatable bonds is 6. The maximum Gasteiger partial charge on any atom is 0.207 e. The average molecular weight is 379 g/mol. The predicted molar refractivity (Wildman–Crippen MR) is 94.9 cm³/mol. The molecule has 0 atom stereocenters. The molecule has 0 aromatic heterocycles. The maximum absolute atomic E-state index is 9.54. The standard InChI is InChI=1S/C7H7Br.C4H10N2O.C4H8O.CH3F/c1-6-3-2-4-7(8)5-6;1-5-2-3-6-4-7;1-2-3-4-5;1-2/h2-5H,1H3;4-5H,2-3H2,1H3,(H,6,7);4H,2-3H2,1H3;1H3. The Labute approximate surface area is 142 Å². The third kappa shape index (κ3) is 27.1. The van der Waals surface area contributed by atoms with E-state index in [1.54, 1.807) is 0 Å². The Hall–Kier alpha value is -1.27. The number of likely N-dealkylation sites (N-methyl/N-ethyl adjacent to an activating group) is 1. The molecule has 0 radical (unpaired) electrons. The van der Waals surface area contributed by atoms with Gasteiger partial charge in [-0.3, -0.25) is 9.18 Å². The molecule has 0 heterocycles. The number of hydrogen-bond donors (Lipinski definition) is 2. The van der Waals surface area contributed by atoms with E-state index in [1.165, 1.54) is 5.56 Å². The van der Waals surface area contributed by atoms with Crippen molar-refractivity contribution >= 4 is 28.6 Å². The Morgan fingerprint density at radius 3 is 2.14 bits per heavy atom. The predicted octanol–water partition coefficient (Wildman–Crippen LogP) is 3.28. The average Bonchev–Trinajstić information content (AvgIpc) is 2.52. The second-order valence-corrected chi connectivity index (χ2v) is 4.85. The maximum atomic E-state index is 9.54. The Bertz CT molecular complexity index is 335. The van der Waals surface area contributed by atoms with E-state index in [9.17, 15) is 14.0 Å². The lowest BCUT2D eigenvalue weighted by atomic mass is 10.2. The molecule has 22 heavy (non-hydrogen) atoms. The van der Waals surface area contributed by atoms with Crippen LogP contribution in [0.15, 0.2) is 28.7 Å². The first-order chi connectivity index (χ1) is 10.6. The number of unbranched alkanes of at least 4 members (excludes halogenated alkanes) is 1. The van der Waals surface area contributed by atoms with E-state index < -0.39 is 0 Å². The summed E-state index contributed by atoms with van der Waals surface area (Å²) in [5.74, 6) is 0. The van der Waals surface area contributed by atoms with Crippen LogP contribution in [0.4, 0.5) is 4.39 Å². The molecule has 4 nitrogen and oxygen atoms in total. The van der Waals surface area contributed by atoms with Gasteiger partial charge in [-0.2, -0.15) is 0 Å². The molecule has 2 N–H and O–H groups in total. The molecule has 1 amide bonds. The molecule has 0 aliphatic carbocycles. The molecule has 0 bridgehead atoms. The van der Waals surface area contributed by atoms with E-state index in [2.05, 4.69) is 45.6 Å². The van der Waals surface area contributed by atoms with Gasteiger partial charge in [-0.1, -0.05) is 40.5 Å². The zero-order chi connectivity index (χ0) is 17.6. The minimum Gasteiger partial charge on any atom is -0.357 e. The lowest BCUT2D eigenvalue weighted by Crippen LogP contribution is -2.23. The molecule has 0 saturated carbocycles. The summed E-state index contributed by atoms with van der Waals surface area (Å²) in [7, 11) is 2.34. The minimum atomic E-state index is 0.500. The van der Waals surface area contributed by atoms with Gasteiger partial charge in [-0.15, -0.1) is 0 Å². The van der Waals surface area contributed by atoms with Gasteiger partial charge in [0.25, 0.3) is 0 Å². The fraction of sp³-hybridized carbons (Fsp3) is 0.500. The van der Waals surface area contributed by atoms with Gasteiger partial charge in [0.15, 0.2) is 0 Å². The highest BCUT2D eigenvalue weighted by molar-refractivity contribution is 9.10. The van der Waals surface area contributed by atoms with Gasteiger partial charge in [-0.25, -0.2) is 0 Å². The summed E-state index contributed by atoms with van der Waals surface area (Å²) in [5.41, 5.74) is 1.29. The van der Waals surface area contributed by atoms with E-state index in [-0.39, 0.29) is 0 Å². The van der Waals surface area contributed by atoms with Gasteiger partial charge in [0.1, 0.15) is 6.29 Å². The molecule has 1 rings (SSSR count). The smallest absolute Gasteiger partial charge is 0.207 e. The normalized spacial score (nSPS) is 7.91. The molecule has 0 aliphatic heterocycles. The van der Waals surface area contributed by atoms with E-state index in [0.717, 1.165) is 23.7 Å². The lowest BCUT2D eigenvalue weighted by Gasteiger charge is -1.93. The quantitative estimate of drug-likeness (QED) is 0.589. The molecule has 0 fully saturated rings. The number of halogens is 2. The Balaban J connectivity index is -0.000000239. The highest BCUT2D eigenvalue weighted by Crippen LogP contribution is 2.09. The van der Waals surface area contributed by atoms with Crippen molar-refractivity contribution in [2.24, 2.45) is 0 Å². The van der Waals surface area contributed by atoms with Crippen molar-refractivity contribution in [2.75, 3.05) is 27.3 Å². The first-order valence-corrected chi connectivity index (χ1v) is 7.76. The summed E-state index contributed by atoms with van der Waals surface area (Å²) >= 11 is 3.36. The van der Waals surface area contributed by atoms with Crippen molar-refractivity contribution in [1.82, 2.24) is 10.6 Å². The van der Waals surface area contributed by atoms with Crippen LogP contribution < -0.4 is 10.6 Å². The van der Waals surface area contributed by atoms with Crippen molar-refractivity contribution in [1.29, 1.82) is 0 Å². The first kappa shape index (κ1) is 25.7. The van der Waals surface area contributed by atoms with E-state index in [4.69, 9.17) is 0 Å². The van der Waals surface area contributed by atoms with Gasteiger partial charge in [-0.05, 0) is 32.5 Å². The summed E-state index contributed by atoms with van der Waals surface area (Å²) in [6.45, 7) is 5.60. The van der Waals surface area contributed by atoms with Crippen LogP contribution in [0.1, 0.15) is 25.3 Å². The number of amides is 1. The topological polar surface area (TPSA) is 58.2 Å². The lowest BCUT2D eigenvalue weighted by molar-refractivity contribution is -0.109. The Kier molecular flexibility index (Phi) is 28.9. The second-order valence-electron chi connectivity index (χ2n) is 3.93. The number of hydrogen-bond acceptors (Lipinski definition) is 3. The summed E-state index contributed by atoms with van der Waals surface area (Å²) in [6, 6.07) is 8.21. The molecule has 1 aromatic rings. The van der Waals surface area contributed by atoms with Crippen LogP contribution in [0, 0.1) is 6.92 Å². The van der Waals surface area contributed by atoms with Crippen LogP contribution in [0.25, 0.3) is 0 Å². The van der Waals surface area contributed by atoms with Gasteiger partial charge < -0.3 is 15.4 Å². The zero-order valence-electron chi connectivity index (χ0n) is 13.9. The van der Waals surface area contributed by atoms with E-state index in [0.29, 0.717) is 26.6 Å². The zero-order valence-corrected chi connectivity index (χ0v) is 15.5. The fourth-order valence-electron chi connectivity index (χ4n) is 0.979. The number of aldehydes is 1. The van der Waals surface area contributed by atoms with Crippen molar-refractivity contribution in [3.05, 3.63) is 34.3 Å². The molecule has 6 heteroatoms. The van der Waals surface area contributed by atoms with Crippen molar-refractivity contribution in [3.8, 4) is 0 Å². The van der Waals surface area contributed by atoms with Crippen LogP contribution in [0.5, 0.6) is 0 Å². The SMILES string of the molecule is CCCC=O.CF.CNCCNC=O.Cc1cccc(Br)c1. The molecule has 1 aromatic carbocycles. The van der Waals surface area contributed by atoms with Gasteiger partial charge in [0, 0.05) is 24.0 Å². The largest absolute Gasteiger partial charge is 0.357 e. The van der Waals surface area contributed by atoms with E-state index in [1.807, 2.05) is 26.1 Å². The van der Waals surface area contributed by atoms with E-state index >= 15 is 0 Å². The van der Waals surface area contributed by atoms with Gasteiger partial charge >= 0.3 is 0 Å². The third-order valence-electron chi connectivity index (χ3n) is 1.99. The number of carbonyl (C=O) groups is 2. The molecule has 0 spiro atoms. The minimum absolute atomic E-state index is 0.500. The third-order valence-corrected chi connectivity index (χ3v) is 2.48. The summed E-state index contributed by atoms with van der Waals surface area (Å²) in [6.07, 6.45) is 3.31. The summed E-state index contributed by atoms with van der Waals surface area (Å²) in [4.78, 5) is 18.9. The number of carbonyl (C=O) groups excluding carboxylic acids is 2. The molecule has 128 valence electrons.